The smallest absolute Gasteiger partial charge is 0.250 e. The highest BCUT2D eigenvalue weighted by Gasteiger charge is 2.18. The van der Waals surface area contributed by atoms with E-state index >= 15 is 0 Å². The third kappa shape index (κ3) is 5.56. The largest absolute Gasteiger partial charge is 0.366 e. The number of nitrogens with zero attached hydrogens (tertiary/aromatic N) is 1. The Bertz CT molecular complexity index is 987. The number of carbonyl (C=O) groups is 2. The standard InChI is InChI=1S/C20H25N3O4S/c1-14-10-11-16(13-15(14)2)23(28(3,26)27)12-6-9-19(24)22-18-8-5-4-7-17(18)20(21)25/h4-5,7-8,10-11,13H,6,9,12H2,1-3H3,(H2,21,25)(H,22,24). The van der Waals surface area contributed by atoms with Gasteiger partial charge in [-0.25, -0.2) is 8.42 Å². The maximum atomic E-state index is 12.2. The number of hydrogen-bond donors (Lipinski definition) is 2. The van der Waals surface area contributed by atoms with Crippen molar-refractivity contribution >= 4 is 33.2 Å². The monoisotopic (exact) mass is 403 g/mol. The Hall–Kier alpha value is -2.87. The molecule has 8 heteroatoms. The van der Waals surface area contributed by atoms with Gasteiger partial charge in [0.25, 0.3) is 5.91 Å². The molecular weight excluding hydrogens is 378 g/mol. The molecule has 28 heavy (non-hydrogen) atoms. The van der Waals surface area contributed by atoms with Crippen LogP contribution in [-0.2, 0) is 14.8 Å². The SMILES string of the molecule is Cc1ccc(N(CCCC(=O)Nc2ccccc2C(N)=O)S(C)(=O)=O)cc1C. The fourth-order valence-corrected chi connectivity index (χ4v) is 3.73. The number of nitrogens with one attached hydrogen (secondary N) is 1. The van der Waals surface area contributed by atoms with Gasteiger partial charge < -0.3 is 11.1 Å². The lowest BCUT2D eigenvalue weighted by Crippen LogP contribution is -2.31. The molecule has 0 heterocycles. The molecule has 2 aromatic carbocycles. The molecule has 0 spiro atoms. The molecular formula is C20H25N3O4S. The maximum absolute atomic E-state index is 12.2. The van der Waals surface area contributed by atoms with Gasteiger partial charge in [-0.05, 0) is 55.7 Å². The second kappa shape index (κ2) is 8.88. The van der Waals surface area contributed by atoms with Crippen molar-refractivity contribution in [1.29, 1.82) is 0 Å². The third-order valence-corrected chi connectivity index (χ3v) is 5.60. The fourth-order valence-electron chi connectivity index (χ4n) is 2.77. The highest BCUT2D eigenvalue weighted by Crippen LogP contribution is 2.22. The van der Waals surface area contributed by atoms with Crippen LogP contribution in [0.5, 0.6) is 0 Å². The Morgan fingerprint density at radius 1 is 1.07 bits per heavy atom. The Morgan fingerprint density at radius 2 is 1.75 bits per heavy atom. The summed E-state index contributed by atoms with van der Waals surface area (Å²) >= 11 is 0. The topological polar surface area (TPSA) is 110 Å². The minimum Gasteiger partial charge on any atom is -0.366 e. The van der Waals surface area contributed by atoms with Crippen molar-refractivity contribution in [3.63, 3.8) is 0 Å². The summed E-state index contributed by atoms with van der Waals surface area (Å²) in [5, 5.41) is 2.65. The molecule has 0 saturated carbocycles. The molecule has 0 aliphatic heterocycles. The number of nitrogens with two attached hydrogens (primary N) is 1. The number of para-hydroxylation sites is 1. The van der Waals surface area contributed by atoms with Crippen molar-refractivity contribution in [1.82, 2.24) is 0 Å². The van der Waals surface area contributed by atoms with E-state index in [9.17, 15) is 18.0 Å². The van der Waals surface area contributed by atoms with Crippen molar-refractivity contribution < 1.29 is 18.0 Å². The van der Waals surface area contributed by atoms with E-state index in [0.717, 1.165) is 17.4 Å². The molecule has 150 valence electrons. The number of benzene rings is 2. The summed E-state index contributed by atoms with van der Waals surface area (Å²) in [6, 6.07) is 11.9. The van der Waals surface area contributed by atoms with Crippen LogP contribution < -0.4 is 15.4 Å². The zero-order chi connectivity index (χ0) is 20.9. The van der Waals surface area contributed by atoms with Gasteiger partial charge in [0, 0.05) is 13.0 Å². The molecule has 2 aromatic rings. The van der Waals surface area contributed by atoms with E-state index < -0.39 is 15.9 Å². The van der Waals surface area contributed by atoms with Crippen LogP contribution in [-0.4, -0.2) is 33.0 Å². The number of anilines is 2. The molecule has 0 saturated heterocycles. The average Bonchev–Trinajstić information content (AvgIpc) is 2.60. The lowest BCUT2D eigenvalue weighted by Gasteiger charge is -2.23. The van der Waals surface area contributed by atoms with E-state index in [1.165, 1.54) is 10.4 Å². The average molecular weight is 404 g/mol. The minimum absolute atomic E-state index is 0.101. The predicted octanol–water partition coefficient (Wildman–Crippen LogP) is 2.59. The van der Waals surface area contributed by atoms with Crippen molar-refractivity contribution in [3.05, 3.63) is 59.2 Å². The van der Waals surface area contributed by atoms with E-state index in [4.69, 9.17) is 5.73 Å². The van der Waals surface area contributed by atoms with Gasteiger partial charge in [0.2, 0.25) is 15.9 Å². The van der Waals surface area contributed by atoms with Crippen LogP contribution in [0.2, 0.25) is 0 Å². The van der Waals surface area contributed by atoms with Crippen molar-refractivity contribution in [2.75, 3.05) is 22.4 Å². The molecule has 2 rings (SSSR count). The number of carbonyl (C=O) groups excluding carboxylic acids is 2. The molecule has 7 nitrogen and oxygen atoms in total. The second-order valence-electron chi connectivity index (χ2n) is 6.67. The molecule has 0 aromatic heterocycles. The molecule has 0 atom stereocenters. The van der Waals surface area contributed by atoms with Crippen LogP contribution in [0.3, 0.4) is 0 Å². The summed E-state index contributed by atoms with van der Waals surface area (Å²) in [6.07, 6.45) is 1.57. The lowest BCUT2D eigenvalue weighted by atomic mass is 10.1. The van der Waals surface area contributed by atoms with Crippen molar-refractivity contribution in [3.8, 4) is 0 Å². The van der Waals surface area contributed by atoms with Gasteiger partial charge in [-0.1, -0.05) is 18.2 Å². The highest BCUT2D eigenvalue weighted by molar-refractivity contribution is 7.92. The molecule has 3 N–H and O–H groups in total. The number of aryl methyl sites for hydroxylation is 2. The van der Waals surface area contributed by atoms with Crippen molar-refractivity contribution in [2.24, 2.45) is 5.73 Å². The molecule has 2 amide bonds. The van der Waals surface area contributed by atoms with Gasteiger partial charge in [-0.3, -0.25) is 13.9 Å². The molecule has 0 bridgehead atoms. The van der Waals surface area contributed by atoms with E-state index in [2.05, 4.69) is 5.32 Å². The predicted molar refractivity (Wildman–Crippen MR) is 111 cm³/mol. The summed E-state index contributed by atoms with van der Waals surface area (Å²) in [7, 11) is -3.48. The van der Waals surface area contributed by atoms with E-state index in [1.54, 1.807) is 24.3 Å². The van der Waals surface area contributed by atoms with Gasteiger partial charge in [-0.15, -0.1) is 0 Å². The fraction of sp³-hybridized carbons (Fsp3) is 0.300. The number of hydrogen-bond acceptors (Lipinski definition) is 4. The zero-order valence-electron chi connectivity index (χ0n) is 16.2. The number of rotatable bonds is 8. The third-order valence-electron chi connectivity index (χ3n) is 4.41. The van der Waals surface area contributed by atoms with Crippen LogP contribution in [0.15, 0.2) is 42.5 Å². The number of primary amides is 1. The first kappa shape index (κ1) is 21.4. The molecule has 0 fully saturated rings. The number of sulfonamides is 1. The lowest BCUT2D eigenvalue weighted by molar-refractivity contribution is -0.116. The summed E-state index contributed by atoms with van der Waals surface area (Å²) in [4.78, 5) is 23.6. The van der Waals surface area contributed by atoms with Crippen LogP contribution in [0.1, 0.15) is 34.3 Å². The Balaban J connectivity index is 2.04. The van der Waals surface area contributed by atoms with Crippen LogP contribution in [0.4, 0.5) is 11.4 Å². The first-order valence-corrected chi connectivity index (χ1v) is 10.7. The zero-order valence-corrected chi connectivity index (χ0v) is 17.0. The first-order valence-electron chi connectivity index (χ1n) is 8.83. The van der Waals surface area contributed by atoms with Gasteiger partial charge in [0.05, 0.1) is 23.2 Å². The van der Waals surface area contributed by atoms with E-state index in [1.807, 2.05) is 26.0 Å². The van der Waals surface area contributed by atoms with E-state index in [-0.39, 0.29) is 24.4 Å². The maximum Gasteiger partial charge on any atom is 0.250 e. The highest BCUT2D eigenvalue weighted by atomic mass is 32.2. The van der Waals surface area contributed by atoms with Crippen LogP contribution in [0.25, 0.3) is 0 Å². The first-order chi connectivity index (χ1) is 13.1. The summed E-state index contributed by atoms with van der Waals surface area (Å²) in [5.41, 5.74) is 8.51. The molecule has 0 unspecified atom stereocenters. The molecule has 0 radical (unpaired) electrons. The number of amides is 2. The quantitative estimate of drug-likeness (QED) is 0.706. The van der Waals surface area contributed by atoms with E-state index in [0.29, 0.717) is 17.8 Å². The Morgan fingerprint density at radius 3 is 2.36 bits per heavy atom. The normalized spacial score (nSPS) is 11.1. The Kier molecular flexibility index (Phi) is 6.80. The summed E-state index contributed by atoms with van der Waals surface area (Å²) in [5.74, 6) is -0.948. The van der Waals surface area contributed by atoms with Gasteiger partial charge in [0.1, 0.15) is 0 Å². The summed E-state index contributed by atoms with van der Waals surface area (Å²) < 4.78 is 25.7. The van der Waals surface area contributed by atoms with Crippen LogP contribution >= 0.6 is 0 Å². The van der Waals surface area contributed by atoms with Gasteiger partial charge in [-0.2, -0.15) is 0 Å². The van der Waals surface area contributed by atoms with Gasteiger partial charge >= 0.3 is 0 Å². The second-order valence-corrected chi connectivity index (χ2v) is 8.57. The van der Waals surface area contributed by atoms with Gasteiger partial charge in [0.15, 0.2) is 0 Å². The molecule has 0 aliphatic rings. The minimum atomic E-state index is -3.48. The Labute approximate surface area is 165 Å². The molecule has 0 aliphatic carbocycles. The summed E-state index contributed by atoms with van der Waals surface area (Å²) in [6.45, 7) is 4.05. The van der Waals surface area contributed by atoms with Crippen LogP contribution in [0, 0.1) is 13.8 Å². The van der Waals surface area contributed by atoms with Crippen molar-refractivity contribution in [2.45, 2.75) is 26.7 Å².